The zero-order valence-electron chi connectivity index (χ0n) is 18.7. The molecule has 1 amide bonds. The van der Waals surface area contributed by atoms with Gasteiger partial charge in [-0.05, 0) is 73.2 Å². The summed E-state index contributed by atoms with van der Waals surface area (Å²) in [7, 11) is -2.80. The fourth-order valence-corrected chi connectivity index (χ4v) is 4.98. The summed E-state index contributed by atoms with van der Waals surface area (Å²) in [6.45, 7) is 1.67. The van der Waals surface area contributed by atoms with Crippen LogP contribution in [0.4, 0.5) is 4.39 Å². The maximum atomic E-state index is 13.5. The second-order valence-electron chi connectivity index (χ2n) is 7.76. The Kier molecular flexibility index (Phi) is 6.64. The quantitative estimate of drug-likeness (QED) is 0.409. The van der Waals surface area contributed by atoms with Crippen LogP contribution in [0.15, 0.2) is 71.6 Å². The molecule has 0 fully saturated rings. The summed E-state index contributed by atoms with van der Waals surface area (Å²) in [6.07, 6.45) is -0.342. The lowest BCUT2D eigenvalue weighted by Crippen LogP contribution is -2.32. The number of carbonyl (C=O) groups excluding carboxylic acids is 2. The Bertz CT molecular complexity index is 1560. The van der Waals surface area contributed by atoms with Gasteiger partial charge < -0.3 is 4.74 Å². The zero-order chi connectivity index (χ0) is 25.3. The van der Waals surface area contributed by atoms with Crippen molar-refractivity contribution in [3.63, 3.8) is 0 Å². The van der Waals surface area contributed by atoms with Crippen LogP contribution in [0.1, 0.15) is 21.6 Å². The van der Waals surface area contributed by atoms with E-state index in [1.165, 1.54) is 23.8 Å². The number of halogens is 2. The number of rotatable bonds is 6. The van der Waals surface area contributed by atoms with Crippen LogP contribution in [0.2, 0.25) is 5.02 Å². The van der Waals surface area contributed by atoms with Crippen LogP contribution in [0, 0.1) is 12.7 Å². The molecule has 35 heavy (non-hydrogen) atoms. The van der Waals surface area contributed by atoms with Crippen molar-refractivity contribution in [3.8, 4) is 5.75 Å². The van der Waals surface area contributed by atoms with Crippen LogP contribution < -0.4 is 9.46 Å². The molecule has 0 aliphatic carbocycles. The van der Waals surface area contributed by atoms with E-state index in [0.717, 1.165) is 12.1 Å². The van der Waals surface area contributed by atoms with Crippen molar-refractivity contribution in [1.29, 1.82) is 0 Å². The highest BCUT2D eigenvalue weighted by molar-refractivity contribution is 7.90. The predicted octanol–water partition coefficient (Wildman–Crippen LogP) is 4.49. The summed E-state index contributed by atoms with van der Waals surface area (Å²) in [5.41, 5.74) is 1.83. The van der Waals surface area contributed by atoms with E-state index in [9.17, 15) is 22.4 Å². The summed E-state index contributed by atoms with van der Waals surface area (Å²) in [4.78, 5) is 25.8. The van der Waals surface area contributed by atoms with Gasteiger partial charge in [-0.25, -0.2) is 17.5 Å². The number of sulfonamides is 1. The summed E-state index contributed by atoms with van der Waals surface area (Å²) < 4.78 is 47.4. The zero-order valence-corrected chi connectivity index (χ0v) is 20.3. The number of hydrogen-bond acceptors (Lipinski definition) is 5. The van der Waals surface area contributed by atoms with Gasteiger partial charge in [0.05, 0.1) is 23.9 Å². The van der Waals surface area contributed by atoms with E-state index in [2.05, 4.69) is 0 Å². The van der Waals surface area contributed by atoms with Gasteiger partial charge in [0.25, 0.3) is 15.9 Å². The van der Waals surface area contributed by atoms with Crippen LogP contribution in [0.25, 0.3) is 10.9 Å². The Hall–Kier alpha value is -3.69. The monoisotopic (exact) mass is 514 g/mol. The average Bonchev–Trinajstić information content (AvgIpc) is 3.09. The molecule has 0 unspecified atom stereocenters. The molecule has 0 saturated heterocycles. The molecule has 1 aromatic heterocycles. The molecule has 0 atom stereocenters. The average molecular weight is 515 g/mol. The van der Waals surface area contributed by atoms with Crippen molar-refractivity contribution in [1.82, 2.24) is 9.29 Å². The number of hydrogen-bond donors (Lipinski definition) is 1. The smallest absolute Gasteiger partial charge is 0.264 e. The molecule has 10 heteroatoms. The van der Waals surface area contributed by atoms with Crippen molar-refractivity contribution in [2.75, 3.05) is 7.11 Å². The van der Waals surface area contributed by atoms with Crippen molar-refractivity contribution in [2.45, 2.75) is 18.2 Å². The minimum Gasteiger partial charge on any atom is -0.497 e. The molecule has 4 aromatic rings. The third-order valence-electron chi connectivity index (χ3n) is 5.53. The molecule has 0 bridgehead atoms. The van der Waals surface area contributed by atoms with Crippen LogP contribution in [-0.4, -0.2) is 31.9 Å². The van der Waals surface area contributed by atoms with Gasteiger partial charge in [-0.1, -0.05) is 17.7 Å². The Labute approximate surface area is 206 Å². The first-order chi connectivity index (χ1) is 16.6. The molecular formula is C25H20ClFN2O5S. The first kappa shape index (κ1) is 24.4. The first-order valence-electron chi connectivity index (χ1n) is 10.4. The first-order valence-corrected chi connectivity index (χ1v) is 12.3. The number of fused-ring (bicyclic) bond motifs is 1. The van der Waals surface area contributed by atoms with E-state index < -0.39 is 21.7 Å². The Morgan fingerprint density at radius 3 is 2.43 bits per heavy atom. The lowest BCUT2D eigenvalue weighted by atomic mass is 10.1. The summed E-state index contributed by atoms with van der Waals surface area (Å²) >= 11 is 5.94. The molecular weight excluding hydrogens is 495 g/mol. The molecule has 0 spiro atoms. The van der Waals surface area contributed by atoms with Gasteiger partial charge in [-0.3, -0.25) is 14.2 Å². The van der Waals surface area contributed by atoms with Crippen molar-refractivity contribution < 1.29 is 27.1 Å². The van der Waals surface area contributed by atoms with E-state index in [1.54, 1.807) is 49.4 Å². The van der Waals surface area contributed by atoms with Gasteiger partial charge in [-0.2, -0.15) is 0 Å². The van der Waals surface area contributed by atoms with Gasteiger partial charge >= 0.3 is 0 Å². The number of ether oxygens (including phenoxy) is 1. The third kappa shape index (κ3) is 4.91. The van der Waals surface area contributed by atoms with Crippen molar-refractivity contribution in [2.24, 2.45) is 0 Å². The fourth-order valence-electron chi connectivity index (χ4n) is 3.84. The number of nitrogens with zero attached hydrogens (tertiary/aromatic N) is 1. The molecule has 0 saturated carbocycles. The molecule has 4 rings (SSSR count). The number of aromatic nitrogens is 1. The van der Waals surface area contributed by atoms with Gasteiger partial charge in [0.1, 0.15) is 11.6 Å². The number of nitrogens with one attached hydrogen (secondary N) is 1. The van der Waals surface area contributed by atoms with Crippen molar-refractivity contribution >= 4 is 44.3 Å². The SMILES string of the molecule is COc1ccc2c(c1)c(CC(=O)NS(=O)(=O)c1cccc(F)c1)c(C)n2C(=O)c1ccc(Cl)cc1. The number of methoxy groups -OCH3 is 1. The minimum atomic E-state index is -4.29. The van der Waals surface area contributed by atoms with Gasteiger partial charge in [0.2, 0.25) is 5.91 Å². The second kappa shape index (κ2) is 9.52. The number of benzene rings is 3. The number of carbonyl (C=O) groups is 2. The molecule has 1 N–H and O–H groups in total. The lowest BCUT2D eigenvalue weighted by Gasteiger charge is -2.09. The Morgan fingerprint density at radius 1 is 1.06 bits per heavy atom. The van der Waals surface area contributed by atoms with Crippen LogP contribution in [0.3, 0.4) is 0 Å². The highest BCUT2D eigenvalue weighted by atomic mass is 35.5. The maximum Gasteiger partial charge on any atom is 0.264 e. The molecule has 180 valence electrons. The summed E-state index contributed by atoms with van der Waals surface area (Å²) in [6, 6.07) is 15.8. The van der Waals surface area contributed by atoms with E-state index >= 15 is 0 Å². The molecule has 0 radical (unpaired) electrons. The maximum absolute atomic E-state index is 13.5. The predicted molar refractivity (Wildman–Crippen MR) is 130 cm³/mol. The minimum absolute atomic E-state index is 0.339. The van der Waals surface area contributed by atoms with Crippen molar-refractivity contribution in [3.05, 3.63) is 94.4 Å². The molecule has 0 aliphatic rings. The summed E-state index contributed by atoms with van der Waals surface area (Å²) in [5.74, 6) is -1.42. The summed E-state index contributed by atoms with van der Waals surface area (Å²) in [5, 5.41) is 1.04. The van der Waals surface area contributed by atoms with Gasteiger partial charge in [-0.15, -0.1) is 0 Å². The second-order valence-corrected chi connectivity index (χ2v) is 9.88. The molecule has 3 aromatic carbocycles. The topological polar surface area (TPSA) is 94.5 Å². The Balaban J connectivity index is 1.74. The third-order valence-corrected chi connectivity index (χ3v) is 7.15. The van der Waals surface area contributed by atoms with E-state index in [-0.39, 0.29) is 17.2 Å². The highest BCUT2D eigenvalue weighted by Crippen LogP contribution is 2.31. The van der Waals surface area contributed by atoms with Gasteiger partial charge in [0.15, 0.2) is 0 Å². The van der Waals surface area contributed by atoms with E-state index in [0.29, 0.717) is 38.5 Å². The molecule has 1 heterocycles. The standard InChI is InChI=1S/C25H20ClFN2O5S/c1-15-21(14-24(30)28-35(32,33)20-5-3-4-18(27)12-20)22-13-19(34-2)10-11-23(22)29(15)25(31)16-6-8-17(26)9-7-16/h3-13H,14H2,1-2H3,(H,28,30). The molecule has 7 nitrogen and oxygen atoms in total. The largest absolute Gasteiger partial charge is 0.497 e. The lowest BCUT2D eigenvalue weighted by molar-refractivity contribution is -0.118. The van der Waals surface area contributed by atoms with E-state index in [4.69, 9.17) is 16.3 Å². The van der Waals surface area contributed by atoms with Crippen LogP contribution in [0.5, 0.6) is 5.75 Å². The fraction of sp³-hybridized carbons (Fsp3) is 0.120. The van der Waals surface area contributed by atoms with Crippen LogP contribution in [-0.2, 0) is 21.2 Å². The van der Waals surface area contributed by atoms with Gasteiger partial charge in [0, 0.05) is 21.7 Å². The van der Waals surface area contributed by atoms with Crippen LogP contribution >= 0.6 is 11.6 Å². The highest BCUT2D eigenvalue weighted by Gasteiger charge is 2.24. The van der Waals surface area contributed by atoms with E-state index in [1.807, 2.05) is 4.72 Å². The normalized spacial score (nSPS) is 11.4. The molecule has 0 aliphatic heterocycles. The Morgan fingerprint density at radius 2 is 1.77 bits per heavy atom. The number of amides is 1.